The Bertz CT molecular complexity index is 719. The molecular weight excluding hydrogens is 323 g/mol. The van der Waals surface area contributed by atoms with Gasteiger partial charge in [-0.2, -0.15) is 5.26 Å². The molecule has 0 bridgehead atoms. The van der Waals surface area contributed by atoms with E-state index in [1.807, 2.05) is 5.38 Å². The van der Waals surface area contributed by atoms with Crippen molar-refractivity contribution in [2.75, 3.05) is 31.2 Å². The predicted molar refractivity (Wildman–Crippen MR) is 86.3 cm³/mol. The minimum atomic E-state index is -0.429. The van der Waals surface area contributed by atoms with Crippen molar-refractivity contribution in [2.45, 2.75) is 6.42 Å². The number of nitrogens with zero attached hydrogens (tertiary/aromatic N) is 2. The summed E-state index contributed by atoms with van der Waals surface area (Å²) in [7, 11) is 0. The lowest BCUT2D eigenvalue weighted by Crippen LogP contribution is -2.36. The maximum absolute atomic E-state index is 13.5. The van der Waals surface area contributed by atoms with Crippen LogP contribution in [0.2, 0.25) is 5.02 Å². The first-order valence-electron chi connectivity index (χ1n) is 6.96. The summed E-state index contributed by atoms with van der Waals surface area (Å²) in [5.74, 6) is -0.429. The summed E-state index contributed by atoms with van der Waals surface area (Å²) in [5, 5.41) is 12.6. The molecule has 0 atom stereocenters. The molecule has 0 amide bonds. The number of thiophene rings is 1. The van der Waals surface area contributed by atoms with Crippen LogP contribution in [-0.4, -0.2) is 26.3 Å². The SMILES string of the molecule is N#Cc1c(Cc2ccc(Cl)c(F)c2)csc1N1CCOCC1. The Hall–Kier alpha value is -1.61. The zero-order chi connectivity index (χ0) is 15.5. The summed E-state index contributed by atoms with van der Waals surface area (Å²) in [6, 6.07) is 7.06. The smallest absolute Gasteiger partial charge is 0.142 e. The van der Waals surface area contributed by atoms with Crippen LogP contribution in [0.15, 0.2) is 23.6 Å². The molecule has 0 N–H and O–H groups in total. The van der Waals surface area contributed by atoms with E-state index in [1.165, 1.54) is 6.07 Å². The molecule has 22 heavy (non-hydrogen) atoms. The van der Waals surface area contributed by atoms with E-state index >= 15 is 0 Å². The van der Waals surface area contributed by atoms with Crippen molar-refractivity contribution in [3.8, 4) is 6.07 Å². The second kappa shape index (κ2) is 6.66. The van der Waals surface area contributed by atoms with Crippen molar-refractivity contribution >= 4 is 27.9 Å². The van der Waals surface area contributed by atoms with Crippen LogP contribution in [0.3, 0.4) is 0 Å². The second-order valence-electron chi connectivity index (χ2n) is 5.08. The van der Waals surface area contributed by atoms with Crippen molar-refractivity contribution in [1.29, 1.82) is 5.26 Å². The van der Waals surface area contributed by atoms with Gasteiger partial charge in [-0.1, -0.05) is 17.7 Å². The standard InChI is InChI=1S/C16H14ClFN2OS/c17-14-2-1-11(8-15(14)18)7-12-10-22-16(13(12)9-19)20-3-5-21-6-4-20/h1-2,8,10H,3-7H2. The molecule has 0 aliphatic carbocycles. The third-order valence-electron chi connectivity index (χ3n) is 3.64. The Balaban J connectivity index is 1.86. The van der Waals surface area contributed by atoms with Crippen molar-refractivity contribution in [2.24, 2.45) is 0 Å². The van der Waals surface area contributed by atoms with Crippen molar-refractivity contribution in [3.63, 3.8) is 0 Å². The molecule has 0 radical (unpaired) electrons. The van der Waals surface area contributed by atoms with E-state index in [4.69, 9.17) is 16.3 Å². The monoisotopic (exact) mass is 336 g/mol. The van der Waals surface area contributed by atoms with Gasteiger partial charge in [-0.25, -0.2) is 4.39 Å². The number of benzene rings is 1. The topological polar surface area (TPSA) is 36.3 Å². The van der Waals surface area contributed by atoms with Gasteiger partial charge in [-0.15, -0.1) is 11.3 Å². The molecule has 1 aliphatic rings. The molecule has 2 aromatic rings. The van der Waals surface area contributed by atoms with Crippen LogP contribution in [-0.2, 0) is 11.2 Å². The van der Waals surface area contributed by atoms with E-state index in [-0.39, 0.29) is 5.02 Å². The number of nitriles is 1. The van der Waals surface area contributed by atoms with Crippen LogP contribution in [0.1, 0.15) is 16.7 Å². The fourth-order valence-corrected chi connectivity index (χ4v) is 3.70. The molecule has 3 nitrogen and oxygen atoms in total. The largest absolute Gasteiger partial charge is 0.378 e. The third kappa shape index (κ3) is 3.09. The molecule has 1 aliphatic heterocycles. The number of morpholine rings is 1. The normalized spacial score (nSPS) is 14.9. The van der Waals surface area contributed by atoms with Crippen molar-refractivity contribution in [3.05, 3.63) is 51.1 Å². The first-order valence-corrected chi connectivity index (χ1v) is 8.22. The van der Waals surface area contributed by atoms with Gasteiger partial charge >= 0.3 is 0 Å². The highest BCUT2D eigenvalue weighted by Gasteiger charge is 2.19. The summed E-state index contributed by atoms with van der Waals surface area (Å²) in [4.78, 5) is 2.18. The van der Waals surface area contributed by atoms with Gasteiger partial charge in [-0.3, -0.25) is 0 Å². The molecule has 0 saturated carbocycles. The van der Waals surface area contributed by atoms with E-state index in [0.29, 0.717) is 25.2 Å². The zero-order valence-corrected chi connectivity index (χ0v) is 13.4. The van der Waals surface area contributed by atoms with Gasteiger partial charge in [0.2, 0.25) is 0 Å². The van der Waals surface area contributed by atoms with Crippen LogP contribution in [0.4, 0.5) is 9.39 Å². The number of ether oxygens (including phenoxy) is 1. The van der Waals surface area contributed by atoms with Crippen LogP contribution < -0.4 is 4.90 Å². The summed E-state index contributed by atoms with van der Waals surface area (Å²) in [6.07, 6.45) is 0.526. The highest BCUT2D eigenvalue weighted by Crippen LogP contribution is 2.33. The van der Waals surface area contributed by atoms with Gasteiger partial charge in [0, 0.05) is 13.1 Å². The van der Waals surface area contributed by atoms with Gasteiger partial charge in [0.1, 0.15) is 16.9 Å². The molecule has 6 heteroatoms. The molecule has 0 unspecified atom stereocenters. The van der Waals surface area contributed by atoms with E-state index in [0.717, 1.165) is 29.2 Å². The number of hydrogen-bond acceptors (Lipinski definition) is 4. The van der Waals surface area contributed by atoms with E-state index in [9.17, 15) is 9.65 Å². The highest BCUT2D eigenvalue weighted by atomic mass is 35.5. The Morgan fingerprint density at radius 2 is 2.14 bits per heavy atom. The van der Waals surface area contributed by atoms with Gasteiger partial charge in [-0.05, 0) is 35.1 Å². The number of rotatable bonds is 3. The third-order valence-corrected chi connectivity index (χ3v) is 5.03. The minimum absolute atomic E-state index is 0.114. The fraction of sp³-hybridized carbons (Fsp3) is 0.312. The summed E-state index contributed by atoms with van der Waals surface area (Å²) >= 11 is 7.27. The van der Waals surface area contributed by atoms with Crippen LogP contribution in [0.25, 0.3) is 0 Å². The molecule has 1 saturated heterocycles. The number of hydrogen-bond donors (Lipinski definition) is 0. The number of anilines is 1. The summed E-state index contributed by atoms with van der Waals surface area (Å²) in [5.41, 5.74) is 2.42. The van der Waals surface area contributed by atoms with Crippen LogP contribution in [0.5, 0.6) is 0 Å². The van der Waals surface area contributed by atoms with E-state index < -0.39 is 5.82 Å². The minimum Gasteiger partial charge on any atom is -0.378 e. The van der Waals surface area contributed by atoms with E-state index in [2.05, 4.69) is 11.0 Å². The Morgan fingerprint density at radius 1 is 1.36 bits per heavy atom. The summed E-state index contributed by atoms with van der Waals surface area (Å²) in [6.45, 7) is 2.95. The quantitative estimate of drug-likeness (QED) is 0.854. The molecule has 1 aromatic heterocycles. The van der Waals surface area contributed by atoms with Crippen LogP contribution in [0, 0.1) is 17.1 Å². The maximum Gasteiger partial charge on any atom is 0.142 e. The lowest BCUT2D eigenvalue weighted by atomic mass is 10.0. The Morgan fingerprint density at radius 3 is 2.82 bits per heavy atom. The number of halogens is 2. The molecule has 0 spiro atoms. The second-order valence-corrected chi connectivity index (χ2v) is 6.34. The Kier molecular flexibility index (Phi) is 4.63. The van der Waals surface area contributed by atoms with Crippen molar-refractivity contribution < 1.29 is 9.13 Å². The molecule has 1 fully saturated rings. The van der Waals surface area contributed by atoms with Gasteiger partial charge in [0.15, 0.2) is 0 Å². The van der Waals surface area contributed by atoms with Crippen LogP contribution >= 0.6 is 22.9 Å². The molecule has 114 valence electrons. The first-order chi connectivity index (χ1) is 10.7. The molecule has 3 rings (SSSR count). The van der Waals surface area contributed by atoms with Gasteiger partial charge in [0.05, 0.1) is 23.8 Å². The zero-order valence-electron chi connectivity index (χ0n) is 11.8. The van der Waals surface area contributed by atoms with Gasteiger partial charge in [0.25, 0.3) is 0 Å². The Labute approximate surface area is 137 Å². The molecule has 2 heterocycles. The lowest BCUT2D eigenvalue weighted by molar-refractivity contribution is 0.123. The summed E-state index contributed by atoms with van der Waals surface area (Å²) < 4.78 is 18.9. The first kappa shape index (κ1) is 15.3. The maximum atomic E-state index is 13.5. The van der Waals surface area contributed by atoms with Crippen molar-refractivity contribution in [1.82, 2.24) is 0 Å². The average Bonchev–Trinajstić information content (AvgIpc) is 2.94. The highest BCUT2D eigenvalue weighted by molar-refractivity contribution is 7.14. The molecular formula is C16H14ClFN2OS. The lowest BCUT2D eigenvalue weighted by Gasteiger charge is -2.27. The molecule has 1 aromatic carbocycles. The van der Waals surface area contributed by atoms with Gasteiger partial charge < -0.3 is 9.64 Å². The van der Waals surface area contributed by atoms with E-state index in [1.54, 1.807) is 23.5 Å². The average molecular weight is 337 g/mol. The fourth-order valence-electron chi connectivity index (χ4n) is 2.50. The predicted octanol–water partition coefficient (Wildman–Crippen LogP) is 3.84.